The first-order valence-corrected chi connectivity index (χ1v) is 8.20. The van der Waals surface area contributed by atoms with Gasteiger partial charge in [0.2, 0.25) is 0 Å². The normalized spacial score (nSPS) is 10.2. The lowest BCUT2D eigenvalue weighted by Gasteiger charge is -2.10. The van der Waals surface area contributed by atoms with Gasteiger partial charge in [-0.25, -0.2) is 4.79 Å². The molecule has 0 aliphatic carbocycles. The van der Waals surface area contributed by atoms with E-state index in [9.17, 15) is 9.59 Å². The number of anilines is 1. The van der Waals surface area contributed by atoms with E-state index >= 15 is 0 Å². The standard InChI is InChI=1S/C18H17Cl2NO4/c1-11-5-12(2)7-14(6-11)24-10-18(23)25-9-17(22)21-16-8-13(19)3-4-15(16)20/h3-8H,9-10H2,1-2H3,(H,21,22). The van der Waals surface area contributed by atoms with Crippen molar-refractivity contribution in [2.45, 2.75) is 13.8 Å². The predicted molar refractivity (Wildman–Crippen MR) is 97.5 cm³/mol. The maximum absolute atomic E-state index is 11.8. The van der Waals surface area contributed by atoms with E-state index < -0.39 is 18.5 Å². The topological polar surface area (TPSA) is 64.6 Å². The van der Waals surface area contributed by atoms with E-state index in [-0.39, 0.29) is 6.61 Å². The number of ether oxygens (including phenoxy) is 2. The number of nitrogens with one attached hydrogen (secondary N) is 1. The van der Waals surface area contributed by atoms with Crippen molar-refractivity contribution in [3.63, 3.8) is 0 Å². The van der Waals surface area contributed by atoms with Gasteiger partial charge in [-0.3, -0.25) is 4.79 Å². The van der Waals surface area contributed by atoms with Crippen molar-refractivity contribution in [1.82, 2.24) is 0 Å². The number of esters is 1. The van der Waals surface area contributed by atoms with E-state index in [0.29, 0.717) is 21.5 Å². The first-order valence-electron chi connectivity index (χ1n) is 7.45. The van der Waals surface area contributed by atoms with Gasteiger partial charge in [0, 0.05) is 5.02 Å². The van der Waals surface area contributed by atoms with Crippen LogP contribution in [0.3, 0.4) is 0 Å². The first kappa shape index (κ1) is 19.1. The zero-order valence-corrected chi connectivity index (χ0v) is 15.3. The second kappa shape index (κ2) is 8.74. The Morgan fingerprint density at radius 3 is 2.36 bits per heavy atom. The first-order chi connectivity index (χ1) is 11.8. The summed E-state index contributed by atoms with van der Waals surface area (Å²) in [5.74, 6) is -0.597. The molecule has 0 fully saturated rings. The average Bonchev–Trinajstić information content (AvgIpc) is 2.53. The van der Waals surface area contributed by atoms with Crippen molar-refractivity contribution in [3.8, 4) is 5.75 Å². The maximum atomic E-state index is 11.8. The summed E-state index contributed by atoms with van der Waals surface area (Å²) < 4.78 is 10.2. The minimum atomic E-state index is -0.647. The fraction of sp³-hybridized carbons (Fsp3) is 0.222. The van der Waals surface area contributed by atoms with E-state index in [1.54, 1.807) is 12.1 Å². The summed E-state index contributed by atoms with van der Waals surface area (Å²) in [4.78, 5) is 23.5. The Balaban J connectivity index is 1.79. The highest BCUT2D eigenvalue weighted by Gasteiger charge is 2.11. The molecule has 0 saturated heterocycles. The van der Waals surface area contributed by atoms with Gasteiger partial charge >= 0.3 is 5.97 Å². The number of hydrogen-bond donors (Lipinski definition) is 1. The van der Waals surface area contributed by atoms with Crippen LogP contribution in [0.4, 0.5) is 5.69 Å². The van der Waals surface area contributed by atoms with Crippen LogP contribution in [-0.2, 0) is 14.3 Å². The average molecular weight is 382 g/mol. The molecule has 0 heterocycles. The van der Waals surface area contributed by atoms with Crippen LogP contribution in [0.15, 0.2) is 36.4 Å². The molecule has 0 bridgehead atoms. The maximum Gasteiger partial charge on any atom is 0.344 e. The molecular weight excluding hydrogens is 365 g/mol. The number of carbonyl (C=O) groups is 2. The highest BCUT2D eigenvalue weighted by Crippen LogP contribution is 2.25. The molecule has 7 heteroatoms. The van der Waals surface area contributed by atoms with Crippen LogP contribution in [0.2, 0.25) is 10.0 Å². The minimum Gasteiger partial charge on any atom is -0.482 e. The molecule has 2 aromatic rings. The van der Waals surface area contributed by atoms with Gasteiger partial charge in [0.15, 0.2) is 13.2 Å². The van der Waals surface area contributed by atoms with Crippen molar-refractivity contribution in [2.24, 2.45) is 0 Å². The van der Waals surface area contributed by atoms with Crippen LogP contribution in [0.25, 0.3) is 0 Å². The van der Waals surface area contributed by atoms with Gasteiger partial charge < -0.3 is 14.8 Å². The third-order valence-electron chi connectivity index (χ3n) is 3.12. The number of benzene rings is 2. The molecule has 5 nitrogen and oxygen atoms in total. The van der Waals surface area contributed by atoms with E-state index in [2.05, 4.69) is 5.32 Å². The van der Waals surface area contributed by atoms with E-state index in [4.69, 9.17) is 32.7 Å². The quantitative estimate of drug-likeness (QED) is 0.762. The molecule has 2 rings (SSSR count). The molecule has 0 aromatic heterocycles. The summed E-state index contributed by atoms with van der Waals surface area (Å²) in [6.45, 7) is 3.14. The molecule has 0 radical (unpaired) electrons. The molecule has 0 atom stereocenters. The van der Waals surface area contributed by atoms with Crippen LogP contribution in [0.5, 0.6) is 5.75 Å². The smallest absolute Gasteiger partial charge is 0.344 e. The fourth-order valence-corrected chi connectivity index (χ4v) is 2.46. The Labute approximate surface area is 155 Å². The molecule has 0 unspecified atom stereocenters. The molecule has 0 aliphatic rings. The summed E-state index contributed by atoms with van der Waals surface area (Å²) in [6.07, 6.45) is 0. The summed E-state index contributed by atoms with van der Waals surface area (Å²) >= 11 is 11.8. The van der Waals surface area contributed by atoms with Crippen molar-refractivity contribution in [2.75, 3.05) is 18.5 Å². The lowest BCUT2D eigenvalue weighted by molar-refractivity contribution is -0.149. The predicted octanol–water partition coefficient (Wildman–Crippen LogP) is 4.17. The second-order valence-corrected chi connectivity index (χ2v) is 6.29. The number of aryl methyl sites for hydroxylation is 2. The molecule has 132 valence electrons. The largest absolute Gasteiger partial charge is 0.482 e. The molecule has 2 aromatic carbocycles. The van der Waals surface area contributed by atoms with Gasteiger partial charge in [-0.2, -0.15) is 0 Å². The number of halogens is 2. The van der Waals surface area contributed by atoms with E-state index in [1.165, 1.54) is 6.07 Å². The van der Waals surface area contributed by atoms with Crippen molar-refractivity contribution < 1.29 is 19.1 Å². The number of amides is 1. The molecule has 0 saturated carbocycles. The monoisotopic (exact) mass is 381 g/mol. The highest BCUT2D eigenvalue weighted by molar-refractivity contribution is 6.35. The van der Waals surface area contributed by atoms with Crippen molar-refractivity contribution in [1.29, 1.82) is 0 Å². The van der Waals surface area contributed by atoms with Gasteiger partial charge in [0.05, 0.1) is 10.7 Å². The zero-order valence-electron chi connectivity index (χ0n) is 13.8. The zero-order chi connectivity index (χ0) is 18.4. The van der Waals surface area contributed by atoms with Gasteiger partial charge in [0.25, 0.3) is 5.91 Å². The Hall–Kier alpha value is -2.24. The number of hydrogen-bond acceptors (Lipinski definition) is 4. The molecule has 1 amide bonds. The summed E-state index contributed by atoms with van der Waals surface area (Å²) in [6, 6.07) is 10.3. The fourth-order valence-electron chi connectivity index (χ4n) is 2.13. The van der Waals surface area contributed by atoms with E-state index in [0.717, 1.165) is 11.1 Å². The van der Waals surface area contributed by atoms with Crippen LogP contribution in [0.1, 0.15) is 11.1 Å². The van der Waals surface area contributed by atoms with Crippen molar-refractivity contribution in [3.05, 3.63) is 57.6 Å². The van der Waals surface area contributed by atoms with Gasteiger partial charge in [-0.1, -0.05) is 29.3 Å². The lowest BCUT2D eigenvalue weighted by Crippen LogP contribution is -2.23. The van der Waals surface area contributed by atoms with Crippen LogP contribution in [0, 0.1) is 13.8 Å². The van der Waals surface area contributed by atoms with Gasteiger partial charge in [-0.15, -0.1) is 0 Å². The van der Waals surface area contributed by atoms with Crippen LogP contribution in [-0.4, -0.2) is 25.1 Å². The third-order valence-corrected chi connectivity index (χ3v) is 3.68. The number of rotatable bonds is 6. The molecule has 1 N–H and O–H groups in total. The Morgan fingerprint density at radius 2 is 1.68 bits per heavy atom. The van der Waals surface area contributed by atoms with Crippen LogP contribution < -0.4 is 10.1 Å². The summed E-state index contributed by atoms with van der Waals surface area (Å²) in [5.41, 5.74) is 2.41. The lowest BCUT2D eigenvalue weighted by atomic mass is 10.1. The molecule has 25 heavy (non-hydrogen) atoms. The van der Waals surface area contributed by atoms with Gasteiger partial charge in [0.1, 0.15) is 5.75 Å². The second-order valence-electron chi connectivity index (χ2n) is 5.45. The van der Waals surface area contributed by atoms with Crippen LogP contribution >= 0.6 is 23.2 Å². The number of carbonyl (C=O) groups excluding carboxylic acids is 2. The molecular formula is C18H17Cl2NO4. The third kappa shape index (κ3) is 6.29. The van der Waals surface area contributed by atoms with E-state index in [1.807, 2.05) is 32.0 Å². The SMILES string of the molecule is Cc1cc(C)cc(OCC(=O)OCC(=O)Nc2cc(Cl)ccc2Cl)c1. The molecule has 0 spiro atoms. The summed E-state index contributed by atoms with van der Waals surface area (Å²) in [7, 11) is 0. The molecule has 0 aliphatic heterocycles. The minimum absolute atomic E-state index is 0.284. The van der Waals surface area contributed by atoms with Gasteiger partial charge in [-0.05, 0) is 55.3 Å². The van der Waals surface area contributed by atoms with Crippen molar-refractivity contribution >= 4 is 40.8 Å². The Kier molecular flexibility index (Phi) is 6.67. The summed E-state index contributed by atoms with van der Waals surface area (Å²) in [5, 5.41) is 3.29. The Bertz CT molecular complexity index is 772. The Morgan fingerprint density at radius 1 is 1.00 bits per heavy atom. The highest BCUT2D eigenvalue weighted by atomic mass is 35.5.